The van der Waals surface area contributed by atoms with Crippen molar-refractivity contribution in [2.75, 3.05) is 26.7 Å². The zero-order valence-corrected chi connectivity index (χ0v) is 18.5. The minimum atomic E-state index is -0.535. The molecule has 0 saturated carbocycles. The fourth-order valence-corrected chi connectivity index (χ4v) is 3.98. The molecule has 1 N–H and O–H groups in total. The number of methoxy groups -OCH3 is 1. The average Bonchev–Trinajstić information content (AvgIpc) is 3.60. The summed E-state index contributed by atoms with van der Waals surface area (Å²) in [6.07, 6.45) is 8.40. The fraction of sp³-hybridized carbons (Fsp3) is 0.333. The number of furan rings is 1. The molecule has 0 bridgehead atoms. The smallest absolute Gasteiger partial charge is 0.360 e. The second-order valence-corrected chi connectivity index (χ2v) is 7.88. The van der Waals surface area contributed by atoms with Crippen molar-refractivity contribution >= 4 is 18.0 Å². The Bertz CT molecular complexity index is 1080. The number of benzene rings is 1. The minimum absolute atomic E-state index is 0.0202. The summed E-state index contributed by atoms with van der Waals surface area (Å²) >= 11 is 0. The third kappa shape index (κ3) is 5.75. The predicted octanol–water partition coefficient (Wildman–Crippen LogP) is 2.35. The van der Waals surface area contributed by atoms with Crippen molar-refractivity contribution in [1.29, 1.82) is 0 Å². The lowest BCUT2D eigenvalue weighted by atomic mass is 10.1. The van der Waals surface area contributed by atoms with Gasteiger partial charge in [0.15, 0.2) is 5.69 Å². The lowest BCUT2D eigenvalue weighted by Gasteiger charge is -2.21. The number of ether oxygens (including phenoxy) is 1. The van der Waals surface area contributed by atoms with Gasteiger partial charge < -0.3 is 14.5 Å². The summed E-state index contributed by atoms with van der Waals surface area (Å²) in [5, 5.41) is 11.1. The van der Waals surface area contributed by atoms with E-state index in [9.17, 15) is 9.59 Å². The summed E-state index contributed by atoms with van der Waals surface area (Å²) < 4.78 is 11.7. The van der Waals surface area contributed by atoms with E-state index in [4.69, 9.17) is 9.15 Å². The molecule has 9 nitrogen and oxygen atoms in total. The number of hydrogen-bond donors (Lipinski definition) is 1. The molecule has 4 rings (SSSR count). The van der Waals surface area contributed by atoms with E-state index in [2.05, 4.69) is 20.5 Å². The van der Waals surface area contributed by atoms with Gasteiger partial charge in [-0.25, -0.2) is 9.48 Å². The van der Waals surface area contributed by atoms with Gasteiger partial charge in [-0.3, -0.25) is 9.69 Å². The predicted molar refractivity (Wildman–Crippen MR) is 121 cm³/mol. The van der Waals surface area contributed by atoms with Gasteiger partial charge in [0.25, 0.3) is 0 Å². The lowest BCUT2D eigenvalue weighted by Crippen LogP contribution is -2.43. The summed E-state index contributed by atoms with van der Waals surface area (Å²) in [6, 6.07) is 13.4. The maximum atomic E-state index is 13.1. The molecule has 0 spiro atoms. The van der Waals surface area contributed by atoms with Gasteiger partial charge in [-0.1, -0.05) is 41.6 Å². The Hall–Kier alpha value is -3.72. The fourth-order valence-electron chi connectivity index (χ4n) is 3.98. The number of nitrogens with zero attached hydrogens (tertiary/aromatic N) is 4. The van der Waals surface area contributed by atoms with Crippen LogP contribution >= 0.6 is 0 Å². The molecule has 3 aromatic rings. The molecule has 3 heterocycles. The molecule has 172 valence electrons. The minimum Gasteiger partial charge on any atom is -0.465 e. The van der Waals surface area contributed by atoms with Gasteiger partial charge in [0.1, 0.15) is 5.76 Å². The standard InChI is InChI=1S/C24H27N5O4/c1-32-24(31)21-17-29(27-26-21)19-15-22(23(30)25-12-11-18-7-3-2-4-8-18)28(16-19)13-5-9-20-10-6-14-33-20/h2-10,14,17,19,22H,11-13,15-16H2,1H3,(H,25,30)/b9-5+/t19-,22+/m1/s1. The van der Waals surface area contributed by atoms with Crippen LogP contribution < -0.4 is 5.32 Å². The highest BCUT2D eigenvalue weighted by molar-refractivity contribution is 5.86. The van der Waals surface area contributed by atoms with Gasteiger partial charge in [0.2, 0.25) is 5.91 Å². The number of likely N-dealkylation sites (tertiary alicyclic amines) is 1. The van der Waals surface area contributed by atoms with Crippen LogP contribution in [0.2, 0.25) is 0 Å². The third-order valence-corrected chi connectivity index (χ3v) is 5.68. The summed E-state index contributed by atoms with van der Waals surface area (Å²) in [6.45, 7) is 1.74. The van der Waals surface area contributed by atoms with Gasteiger partial charge >= 0.3 is 5.97 Å². The zero-order chi connectivity index (χ0) is 23.0. The number of carbonyl (C=O) groups excluding carboxylic acids is 2. The number of aromatic nitrogens is 3. The van der Waals surface area contributed by atoms with E-state index in [1.807, 2.05) is 54.6 Å². The highest BCUT2D eigenvalue weighted by atomic mass is 16.5. The van der Waals surface area contributed by atoms with Crippen molar-refractivity contribution in [3.05, 3.63) is 78.0 Å². The first kappa shape index (κ1) is 22.5. The highest BCUT2D eigenvalue weighted by Crippen LogP contribution is 2.27. The molecule has 0 aliphatic carbocycles. The maximum absolute atomic E-state index is 13.1. The lowest BCUT2D eigenvalue weighted by molar-refractivity contribution is -0.125. The van der Waals surface area contributed by atoms with Crippen molar-refractivity contribution in [1.82, 2.24) is 25.2 Å². The molecule has 1 amide bonds. The van der Waals surface area contributed by atoms with Crippen LogP contribution in [-0.2, 0) is 16.0 Å². The van der Waals surface area contributed by atoms with E-state index in [0.29, 0.717) is 26.1 Å². The van der Waals surface area contributed by atoms with Crippen LogP contribution in [0.4, 0.5) is 0 Å². The van der Waals surface area contributed by atoms with Gasteiger partial charge in [-0.15, -0.1) is 5.10 Å². The topological polar surface area (TPSA) is 102 Å². The molecule has 1 saturated heterocycles. The number of hydrogen-bond acceptors (Lipinski definition) is 7. The van der Waals surface area contributed by atoms with Crippen molar-refractivity contribution < 1.29 is 18.7 Å². The van der Waals surface area contributed by atoms with Crippen LogP contribution in [0, 0.1) is 0 Å². The molecule has 1 fully saturated rings. The second-order valence-electron chi connectivity index (χ2n) is 7.88. The van der Waals surface area contributed by atoms with Gasteiger partial charge in [0, 0.05) is 19.6 Å². The van der Waals surface area contributed by atoms with E-state index in [1.54, 1.807) is 17.1 Å². The number of amides is 1. The first-order valence-corrected chi connectivity index (χ1v) is 10.9. The van der Waals surface area contributed by atoms with Crippen LogP contribution in [0.3, 0.4) is 0 Å². The molecule has 1 aliphatic heterocycles. The molecule has 9 heteroatoms. The summed E-state index contributed by atoms with van der Waals surface area (Å²) in [5.41, 5.74) is 1.33. The summed E-state index contributed by atoms with van der Waals surface area (Å²) in [7, 11) is 1.31. The van der Waals surface area contributed by atoms with E-state index in [-0.39, 0.29) is 23.7 Å². The van der Waals surface area contributed by atoms with E-state index >= 15 is 0 Å². The maximum Gasteiger partial charge on any atom is 0.360 e. The van der Waals surface area contributed by atoms with E-state index in [1.165, 1.54) is 12.7 Å². The Morgan fingerprint density at radius 1 is 1.24 bits per heavy atom. The summed E-state index contributed by atoms with van der Waals surface area (Å²) in [5.74, 6) is 0.203. The van der Waals surface area contributed by atoms with E-state index in [0.717, 1.165) is 12.2 Å². The normalized spacial score (nSPS) is 18.6. The monoisotopic (exact) mass is 449 g/mol. The quantitative estimate of drug-likeness (QED) is 0.500. The molecule has 33 heavy (non-hydrogen) atoms. The van der Waals surface area contributed by atoms with Gasteiger partial charge in [0.05, 0.1) is 31.7 Å². The Labute approximate surface area is 192 Å². The Morgan fingerprint density at radius 2 is 2.09 bits per heavy atom. The molecule has 2 aromatic heterocycles. The largest absolute Gasteiger partial charge is 0.465 e. The van der Waals surface area contributed by atoms with Crippen molar-refractivity contribution in [2.24, 2.45) is 0 Å². The van der Waals surface area contributed by atoms with Gasteiger partial charge in [-0.2, -0.15) is 0 Å². The Morgan fingerprint density at radius 3 is 2.85 bits per heavy atom. The number of nitrogens with one attached hydrogen (secondary N) is 1. The Kier molecular flexibility index (Phi) is 7.31. The summed E-state index contributed by atoms with van der Waals surface area (Å²) in [4.78, 5) is 26.9. The van der Waals surface area contributed by atoms with Crippen molar-refractivity contribution in [3.8, 4) is 0 Å². The van der Waals surface area contributed by atoms with Gasteiger partial charge in [-0.05, 0) is 36.6 Å². The van der Waals surface area contributed by atoms with Crippen molar-refractivity contribution in [2.45, 2.75) is 24.9 Å². The SMILES string of the molecule is COC(=O)c1cn([C@@H]2C[C@@H](C(=O)NCCc3ccccc3)N(C/C=C/c3ccco3)C2)nn1. The van der Waals surface area contributed by atoms with Crippen LogP contribution in [-0.4, -0.2) is 64.6 Å². The Balaban J connectivity index is 1.42. The third-order valence-electron chi connectivity index (χ3n) is 5.68. The number of carbonyl (C=O) groups is 2. The first-order chi connectivity index (χ1) is 16.1. The molecular formula is C24H27N5O4. The highest BCUT2D eigenvalue weighted by Gasteiger charge is 2.37. The average molecular weight is 450 g/mol. The molecule has 0 radical (unpaired) electrons. The first-order valence-electron chi connectivity index (χ1n) is 10.9. The number of esters is 1. The zero-order valence-electron chi connectivity index (χ0n) is 18.5. The molecular weight excluding hydrogens is 422 g/mol. The van der Waals surface area contributed by atoms with Crippen molar-refractivity contribution in [3.63, 3.8) is 0 Å². The number of rotatable bonds is 9. The van der Waals surface area contributed by atoms with E-state index < -0.39 is 5.97 Å². The molecule has 2 atom stereocenters. The molecule has 1 aromatic carbocycles. The van der Waals surface area contributed by atoms with Crippen LogP contribution in [0.5, 0.6) is 0 Å². The van der Waals surface area contributed by atoms with Crippen LogP contribution in [0.1, 0.15) is 34.3 Å². The second kappa shape index (κ2) is 10.7. The van der Waals surface area contributed by atoms with Crippen LogP contribution in [0.25, 0.3) is 6.08 Å². The molecule has 1 aliphatic rings. The molecule has 0 unspecified atom stereocenters. The van der Waals surface area contributed by atoms with Crippen LogP contribution in [0.15, 0.2) is 65.4 Å².